The number of hydrogen-bond donors (Lipinski definition) is 6. The topological polar surface area (TPSA) is 206 Å². The monoisotopic (exact) mass is 396 g/mol. The molecule has 13 nitrogen and oxygen atoms in total. The first kappa shape index (κ1) is 19.7. The van der Waals surface area contributed by atoms with Crippen LogP contribution >= 0.6 is 15.2 Å². The Bertz CT molecular complexity index is 831. The van der Waals surface area contributed by atoms with Crippen molar-refractivity contribution >= 4 is 38.1 Å². The second-order valence-corrected chi connectivity index (χ2v) is 8.42. The Hall–Kier alpha value is -1.59. The summed E-state index contributed by atoms with van der Waals surface area (Å²) in [5.41, 5.74) is 6.33. The van der Waals surface area contributed by atoms with Crippen LogP contribution in [0.25, 0.3) is 11.2 Å². The van der Waals surface area contributed by atoms with Crippen LogP contribution in [0, 0.1) is 0 Å². The Morgan fingerprint density at radius 3 is 2.56 bits per heavy atom. The summed E-state index contributed by atoms with van der Waals surface area (Å²) >= 11 is 0. The van der Waals surface area contributed by atoms with E-state index in [-0.39, 0.29) is 37.6 Å². The highest BCUT2D eigenvalue weighted by atomic mass is 31.2. The molecule has 0 aromatic carbocycles. The number of anilines is 2. The lowest BCUT2D eigenvalue weighted by Crippen LogP contribution is -2.11. The van der Waals surface area contributed by atoms with Crippen LogP contribution in [0.15, 0.2) is 6.33 Å². The summed E-state index contributed by atoms with van der Waals surface area (Å²) in [7, 11) is -8.37. The lowest BCUT2D eigenvalue weighted by atomic mass is 10.4. The standard InChI is InChI=1S/C10H18N6O7P2/c11-10-14-8(12-1-4-24(17,18)19)7-9(15-10)16(5-13-7)2-3-23-6-25(20,21)22/h5H,1-4,6H2,(H2,17,18,19)(H2,20,21,22)(H3,11,12,14,15). The van der Waals surface area contributed by atoms with Gasteiger partial charge in [0.15, 0.2) is 17.0 Å². The van der Waals surface area contributed by atoms with Crippen molar-refractivity contribution < 1.29 is 33.4 Å². The number of hydrogen-bond acceptors (Lipinski definition) is 8. The fourth-order valence-corrected chi connectivity index (χ4v) is 2.68. The number of nitrogens with zero attached hydrogens (tertiary/aromatic N) is 4. The number of fused-ring (bicyclic) bond motifs is 1. The van der Waals surface area contributed by atoms with E-state index in [1.54, 1.807) is 4.57 Å². The van der Waals surface area contributed by atoms with E-state index in [2.05, 4.69) is 20.3 Å². The third kappa shape index (κ3) is 6.33. The van der Waals surface area contributed by atoms with E-state index in [9.17, 15) is 9.13 Å². The van der Waals surface area contributed by atoms with Gasteiger partial charge in [-0.25, -0.2) is 4.98 Å². The highest BCUT2D eigenvalue weighted by molar-refractivity contribution is 7.51. The average Bonchev–Trinajstić information content (AvgIpc) is 2.84. The van der Waals surface area contributed by atoms with Crippen molar-refractivity contribution in [1.82, 2.24) is 19.5 Å². The zero-order valence-electron chi connectivity index (χ0n) is 12.9. The van der Waals surface area contributed by atoms with Gasteiger partial charge in [0.05, 0.1) is 19.1 Å². The molecule has 0 aliphatic rings. The minimum Gasteiger partial charge on any atom is -0.368 e. The molecule has 0 radical (unpaired) electrons. The number of aromatic nitrogens is 4. The number of nitrogen functional groups attached to an aromatic ring is 1. The van der Waals surface area contributed by atoms with Crippen LogP contribution in [0.1, 0.15) is 0 Å². The molecule has 0 saturated heterocycles. The second kappa shape index (κ2) is 7.75. The van der Waals surface area contributed by atoms with E-state index in [0.29, 0.717) is 11.2 Å². The van der Waals surface area contributed by atoms with Crippen molar-refractivity contribution in [3.8, 4) is 0 Å². The minimum atomic E-state index is -4.23. The maximum absolute atomic E-state index is 10.9. The maximum Gasteiger partial charge on any atom is 0.350 e. The van der Waals surface area contributed by atoms with Gasteiger partial charge in [-0.05, 0) is 0 Å². The largest absolute Gasteiger partial charge is 0.368 e. The van der Waals surface area contributed by atoms with Gasteiger partial charge in [-0.3, -0.25) is 9.13 Å². The molecule has 0 aliphatic carbocycles. The van der Waals surface area contributed by atoms with Crippen molar-refractivity contribution in [1.29, 1.82) is 0 Å². The molecule has 0 atom stereocenters. The van der Waals surface area contributed by atoms with E-state index >= 15 is 0 Å². The van der Waals surface area contributed by atoms with Gasteiger partial charge in [0.2, 0.25) is 5.95 Å². The molecule has 0 bridgehead atoms. The van der Waals surface area contributed by atoms with E-state index < -0.39 is 21.5 Å². The van der Waals surface area contributed by atoms with Crippen molar-refractivity contribution in [3.63, 3.8) is 0 Å². The summed E-state index contributed by atoms with van der Waals surface area (Å²) < 4.78 is 28.0. The smallest absolute Gasteiger partial charge is 0.350 e. The van der Waals surface area contributed by atoms with E-state index in [1.165, 1.54) is 6.33 Å². The molecule has 0 spiro atoms. The Kier molecular flexibility index (Phi) is 6.12. The molecule has 7 N–H and O–H groups in total. The average molecular weight is 396 g/mol. The molecule has 0 aliphatic heterocycles. The fourth-order valence-electron chi connectivity index (χ4n) is 1.91. The minimum absolute atomic E-state index is 0.0153. The molecule has 2 heterocycles. The Balaban J connectivity index is 2.08. The Labute approximate surface area is 141 Å². The van der Waals surface area contributed by atoms with E-state index in [1.807, 2.05) is 0 Å². The number of ether oxygens (including phenoxy) is 1. The summed E-state index contributed by atoms with van der Waals surface area (Å²) in [4.78, 5) is 47.3. The molecule has 15 heteroatoms. The highest BCUT2D eigenvalue weighted by Gasteiger charge is 2.16. The van der Waals surface area contributed by atoms with Crippen LogP contribution < -0.4 is 11.1 Å². The Morgan fingerprint density at radius 2 is 1.92 bits per heavy atom. The van der Waals surface area contributed by atoms with Crippen LogP contribution in [0.5, 0.6) is 0 Å². The predicted molar refractivity (Wildman–Crippen MR) is 88.0 cm³/mol. The van der Waals surface area contributed by atoms with Gasteiger partial charge < -0.3 is 39.9 Å². The second-order valence-electron chi connectivity index (χ2n) is 5.06. The van der Waals surface area contributed by atoms with Crippen molar-refractivity contribution in [3.05, 3.63) is 6.33 Å². The molecule has 2 rings (SSSR count). The lowest BCUT2D eigenvalue weighted by Gasteiger charge is -2.09. The van der Waals surface area contributed by atoms with Gasteiger partial charge in [-0.2, -0.15) is 9.97 Å². The molecular formula is C10H18N6O7P2. The SMILES string of the molecule is Nc1nc(NCCP(=O)(O)O)c2ncn(CCOCP(=O)(O)O)c2n1. The first-order valence-corrected chi connectivity index (χ1v) is 10.5. The predicted octanol–water partition coefficient (Wildman–Crippen LogP) is -0.850. The molecule has 2 aromatic heterocycles. The van der Waals surface area contributed by atoms with Gasteiger partial charge >= 0.3 is 15.2 Å². The third-order valence-corrected chi connectivity index (χ3v) is 4.24. The molecule has 0 unspecified atom stereocenters. The van der Waals surface area contributed by atoms with Crippen molar-refractivity contribution in [2.24, 2.45) is 0 Å². The van der Waals surface area contributed by atoms with Gasteiger partial charge in [0.1, 0.15) is 6.35 Å². The number of rotatable bonds is 9. The molecule has 2 aromatic rings. The highest BCUT2D eigenvalue weighted by Crippen LogP contribution is 2.34. The summed E-state index contributed by atoms with van der Waals surface area (Å²) in [6.45, 7) is 0.199. The fraction of sp³-hybridized carbons (Fsp3) is 0.500. The number of nitrogens with two attached hydrogens (primary N) is 1. The Morgan fingerprint density at radius 1 is 1.20 bits per heavy atom. The van der Waals surface area contributed by atoms with E-state index in [4.69, 9.17) is 30.0 Å². The van der Waals surface area contributed by atoms with Crippen LogP contribution in [0.4, 0.5) is 11.8 Å². The van der Waals surface area contributed by atoms with Gasteiger partial charge in [0.25, 0.3) is 0 Å². The quantitative estimate of drug-likeness (QED) is 0.226. The first-order valence-electron chi connectivity index (χ1n) is 6.94. The van der Waals surface area contributed by atoms with Gasteiger partial charge in [-0.1, -0.05) is 0 Å². The van der Waals surface area contributed by atoms with Crippen LogP contribution in [0.2, 0.25) is 0 Å². The summed E-state index contributed by atoms with van der Waals surface area (Å²) in [5, 5.41) is 2.75. The number of nitrogens with one attached hydrogen (secondary N) is 1. The van der Waals surface area contributed by atoms with Crippen molar-refractivity contribution in [2.75, 3.05) is 36.7 Å². The zero-order valence-corrected chi connectivity index (χ0v) is 14.7. The van der Waals surface area contributed by atoms with Gasteiger partial charge in [-0.15, -0.1) is 0 Å². The maximum atomic E-state index is 10.9. The lowest BCUT2D eigenvalue weighted by molar-refractivity contribution is 0.149. The van der Waals surface area contributed by atoms with Crippen LogP contribution in [-0.2, 0) is 20.4 Å². The molecule has 25 heavy (non-hydrogen) atoms. The summed E-state index contributed by atoms with van der Waals surface area (Å²) in [6.07, 6.45) is 0.356. The van der Waals surface area contributed by atoms with Crippen molar-refractivity contribution in [2.45, 2.75) is 6.54 Å². The summed E-state index contributed by atoms with van der Waals surface area (Å²) in [6, 6.07) is 0. The van der Waals surface area contributed by atoms with Crippen LogP contribution in [-0.4, -0.2) is 64.8 Å². The van der Waals surface area contributed by atoms with E-state index in [0.717, 1.165) is 0 Å². The normalized spacial score (nSPS) is 12.6. The summed E-state index contributed by atoms with van der Waals surface area (Å²) in [5.74, 6) is 0.162. The molecule has 0 saturated carbocycles. The van der Waals surface area contributed by atoms with Crippen LogP contribution in [0.3, 0.4) is 0 Å². The molecule has 140 valence electrons. The zero-order chi connectivity index (χ0) is 18.7. The first-order chi connectivity index (χ1) is 11.6. The van der Waals surface area contributed by atoms with Gasteiger partial charge in [0, 0.05) is 13.1 Å². The molecular weight excluding hydrogens is 378 g/mol. The third-order valence-electron chi connectivity index (χ3n) is 2.91. The molecule has 0 fully saturated rings. The molecule has 0 amide bonds. The number of imidazole rings is 1.